The van der Waals surface area contributed by atoms with E-state index in [1.54, 1.807) is 18.3 Å². The predicted molar refractivity (Wildman–Crippen MR) is 71.7 cm³/mol. The Morgan fingerprint density at radius 3 is 2.45 bits per heavy atom. The first-order valence-corrected chi connectivity index (χ1v) is 6.37. The average molecular weight is 276 g/mol. The normalized spacial score (nSPS) is 15.2. The minimum Gasteiger partial charge on any atom is -0.370 e. The van der Waals surface area contributed by atoms with Gasteiger partial charge in [-0.25, -0.2) is 9.78 Å². The molecule has 0 aliphatic carbocycles. The maximum absolute atomic E-state index is 11.7. The number of hydrogen-bond donors (Lipinski definition) is 1. The van der Waals surface area contributed by atoms with E-state index in [-0.39, 0.29) is 6.54 Å². The molecule has 106 valence electrons. The molecule has 1 saturated heterocycles. The molecule has 1 aromatic heterocycles. The summed E-state index contributed by atoms with van der Waals surface area (Å²) >= 11 is 0. The highest BCUT2D eigenvalue weighted by Gasteiger charge is 2.41. The van der Waals surface area contributed by atoms with Crippen molar-refractivity contribution in [3.05, 3.63) is 23.9 Å². The summed E-state index contributed by atoms with van der Waals surface area (Å²) in [5.74, 6) is -0.863. The van der Waals surface area contributed by atoms with Crippen LogP contribution in [0, 0.1) is 0 Å². The number of likely N-dealkylation sites (N-methyl/N-ethyl adjacent to an activating group) is 1. The molecule has 0 unspecified atom stereocenters. The summed E-state index contributed by atoms with van der Waals surface area (Å²) in [6.45, 7) is 2.93. The number of rotatable bonds is 5. The smallest absolute Gasteiger partial charge is 0.334 e. The van der Waals surface area contributed by atoms with Crippen LogP contribution in [0.4, 0.5) is 10.6 Å². The van der Waals surface area contributed by atoms with Gasteiger partial charge >= 0.3 is 17.8 Å². The van der Waals surface area contributed by atoms with Crippen LogP contribution < -0.4 is 5.32 Å². The molecule has 1 aromatic rings. The van der Waals surface area contributed by atoms with E-state index in [4.69, 9.17) is 0 Å². The number of carbonyl (C=O) groups is 3. The number of amides is 4. The van der Waals surface area contributed by atoms with Crippen molar-refractivity contribution in [1.29, 1.82) is 0 Å². The number of carbonyl (C=O) groups excluding carboxylic acids is 3. The van der Waals surface area contributed by atoms with Gasteiger partial charge in [0.05, 0.1) is 6.54 Å². The summed E-state index contributed by atoms with van der Waals surface area (Å²) in [6, 6.07) is 2.95. The van der Waals surface area contributed by atoms with E-state index in [2.05, 4.69) is 17.2 Å². The molecule has 1 aliphatic heterocycles. The molecule has 0 bridgehead atoms. The lowest BCUT2D eigenvalue weighted by atomic mass is 10.2. The molecule has 7 nitrogen and oxygen atoms in total. The van der Waals surface area contributed by atoms with Crippen LogP contribution in [0.1, 0.15) is 18.9 Å². The molecule has 0 atom stereocenters. The highest BCUT2D eigenvalue weighted by Crippen LogP contribution is 2.14. The largest absolute Gasteiger partial charge is 0.370 e. The second kappa shape index (κ2) is 5.68. The van der Waals surface area contributed by atoms with Crippen molar-refractivity contribution in [2.45, 2.75) is 19.9 Å². The SMILES string of the molecule is CCCNc1ccc(CN2C(=O)C(=O)N(C)C2=O)cn1. The molecule has 0 aromatic carbocycles. The van der Waals surface area contributed by atoms with E-state index in [9.17, 15) is 14.4 Å². The molecule has 2 rings (SSSR count). The number of hydrogen-bond acceptors (Lipinski definition) is 5. The quantitative estimate of drug-likeness (QED) is 0.636. The highest BCUT2D eigenvalue weighted by atomic mass is 16.2. The second-order valence-corrected chi connectivity index (χ2v) is 4.52. The molecular formula is C13H16N4O3. The zero-order chi connectivity index (χ0) is 14.7. The van der Waals surface area contributed by atoms with Gasteiger partial charge in [-0.15, -0.1) is 0 Å². The van der Waals surface area contributed by atoms with Gasteiger partial charge in [0.25, 0.3) is 0 Å². The molecule has 1 N–H and O–H groups in total. The predicted octanol–water partition coefficient (Wildman–Crippen LogP) is 0.824. The molecule has 4 amide bonds. The van der Waals surface area contributed by atoms with E-state index in [0.717, 1.165) is 28.6 Å². The molecule has 2 heterocycles. The van der Waals surface area contributed by atoms with Crippen LogP contribution in [0.25, 0.3) is 0 Å². The first kappa shape index (κ1) is 14.0. The number of anilines is 1. The van der Waals surface area contributed by atoms with Gasteiger partial charge in [-0.05, 0) is 18.1 Å². The number of imide groups is 2. The summed E-state index contributed by atoms with van der Waals surface area (Å²) in [7, 11) is 1.29. The number of urea groups is 1. The van der Waals surface area contributed by atoms with Crippen LogP contribution >= 0.6 is 0 Å². The Hall–Kier alpha value is -2.44. The van der Waals surface area contributed by atoms with Gasteiger partial charge in [0.1, 0.15) is 5.82 Å². The van der Waals surface area contributed by atoms with Crippen molar-refractivity contribution < 1.29 is 14.4 Å². The van der Waals surface area contributed by atoms with Crippen molar-refractivity contribution in [3.8, 4) is 0 Å². The number of aromatic nitrogens is 1. The number of pyridine rings is 1. The zero-order valence-corrected chi connectivity index (χ0v) is 11.4. The van der Waals surface area contributed by atoms with Crippen molar-refractivity contribution in [2.75, 3.05) is 18.9 Å². The second-order valence-electron chi connectivity index (χ2n) is 4.52. The fraction of sp³-hybridized carbons (Fsp3) is 0.385. The lowest BCUT2D eigenvalue weighted by molar-refractivity contribution is -0.143. The van der Waals surface area contributed by atoms with Crippen LogP contribution in [-0.2, 0) is 16.1 Å². The molecule has 1 fully saturated rings. The topological polar surface area (TPSA) is 82.6 Å². The summed E-state index contributed by atoms with van der Waals surface area (Å²) in [5, 5.41) is 3.13. The minimum atomic E-state index is -0.802. The molecule has 1 aliphatic rings. The molecule has 7 heteroatoms. The Balaban J connectivity index is 2.05. The third-order valence-electron chi connectivity index (χ3n) is 2.97. The number of nitrogens with one attached hydrogen (secondary N) is 1. The minimum absolute atomic E-state index is 0.0504. The fourth-order valence-corrected chi connectivity index (χ4v) is 1.81. The molecule has 0 spiro atoms. The van der Waals surface area contributed by atoms with Crippen LogP contribution in [-0.4, -0.2) is 46.2 Å². The maximum Gasteiger partial charge on any atom is 0.334 e. The fourth-order valence-electron chi connectivity index (χ4n) is 1.81. The lowest BCUT2D eigenvalue weighted by Crippen LogP contribution is -2.31. The standard InChI is InChI=1S/C13H16N4O3/c1-3-6-14-10-5-4-9(7-15-10)8-17-12(19)11(18)16(2)13(17)20/h4-5,7H,3,6,8H2,1-2H3,(H,14,15). The van der Waals surface area contributed by atoms with Crippen LogP contribution in [0.5, 0.6) is 0 Å². The van der Waals surface area contributed by atoms with Gasteiger partial charge in [0, 0.05) is 19.8 Å². The van der Waals surface area contributed by atoms with Crippen molar-refractivity contribution in [1.82, 2.24) is 14.8 Å². The Labute approximate surface area is 116 Å². The van der Waals surface area contributed by atoms with Crippen LogP contribution in [0.3, 0.4) is 0 Å². The van der Waals surface area contributed by atoms with Gasteiger partial charge in [0.15, 0.2) is 0 Å². The number of nitrogens with zero attached hydrogens (tertiary/aromatic N) is 3. The molecular weight excluding hydrogens is 260 g/mol. The summed E-state index contributed by atoms with van der Waals surface area (Å²) < 4.78 is 0. The molecule has 0 saturated carbocycles. The van der Waals surface area contributed by atoms with Gasteiger partial charge in [-0.3, -0.25) is 19.4 Å². The molecule has 20 heavy (non-hydrogen) atoms. The van der Waals surface area contributed by atoms with Gasteiger partial charge < -0.3 is 5.32 Å². The van der Waals surface area contributed by atoms with Crippen LogP contribution in [0.2, 0.25) is 0 Å². The van der Waals surface area contributed by atoms with Gasteiger partial charge in [0.2, 0.25) is 0 Å². The third-order valence-corrected chi connectivity index (χ3v) is 2.97. The summed E-state index contributed by atoms with van der Waals surface area (Å²) in [5.41, 5.74) is 0.692. The zero-order valence-electron chi connectivity index (χ0n) is 11.4. The Morgan fingerprint density at radius 1 is 1.20 bits per heavy atom. The van der Waals surface area contributed by atoms with E-state index < -0.39 is 17.8 Å². The Kier molecular flexibility index (Phi) is 3.97. The third kappa shape index (κ3) is 2.61. The van der Waals surface area contributed by atoms with Gasteiger partial charge in [-0.1, -0.05) is 13.0 Å². The van der Waals surface area contributed by atoms with Crippen molar-refractivity contribution >= 4 is 23.7 Å². The summed E-state index contributed by atoms with van der Waals surface area (Å²) in [4.78, 5) is 40.6. The first-order chi connectivity index (χ1) is 9.54. The van der Waals surface area contributed by atoms with E-state index in [0.29, 0.717) is 5.56 Å². The Morgan fingerprint density at radius 2 is 1.95 bits per heavy atom. The van der Waals surface area contributed by atoms with E-state index >= 15 is 0 Å². The highest BCUT2D eigenvalue weighted by molar-refractivity contribution is 6.44. The van der Waals surface area contributed by atoms with Crippen molar-refractivity contribution in [3.63, 3.8) is 0 Å². The van der Waals surface area contributed by atoms with E-state index in [1.807, 2.05) is 0 Å². The van der Waals surface area contributed by atoms with Crippen molar-refractivity contribution in [2.24, 2.45) is 0 Å². The summed E-state index contributed by atoms with van der Waals surface area (Å²) in [6.07, 6.45) is 2.58. The first-order valence-electron chi connectivity index (χ1n) is 6.37. The van der Waals surface area contributed by atoms with E-state index in [1.165, 1.54) is 7.05 Å². The van der Waals surface area contributed by atoms with Gasteiger partial charge in [-0.2, -0.15) is 0 Å². The lowest BCUT2D eigenvalue weighted by Gasteiger charge is -2.13. The molecule has 0 radical (unpaired) electrons. The average Bonchev–Trinajstić information content (AvgIpc) is 2.64. The van der Waals surface area contributed by atoms with Crippen LogP contribution in [0.15, 0.2) is 18.3 Å². The monoisotopic (exact) mass is 276 g/mol. The Bertz CT molecular complexity index is 541. The maximum atomic E-state index is 11.7.